The van der Waals surface area contributed by atoms with Crippen LogP contribution in [-0.4, -0.2) is 67.1 Å². The molecule has 2 fully saturated rings. The van der Waals surface area contributed by atoms with Gasteiger partial charge in [0.25, 0.3) is 0 Å². The zero-order valence-corrected chi connectivity index (χ0v) is 18.4. The zero-order chi connectivity index (χ0) is 20.5. The molecule has 0 saturated carbocycles. The van der Waals surface area contributed by atoms with Gasteiger partial charge in [0.2, 0.25) is 0 Å². The second-order valence-electron chi connectivity index (χ2n) is 9.24. The maximum atomic E-state index is 12.1. The molecule has 29 heavy (non-hydrogen) atoms. The summed E-state index contributed by atoms with van der Waals surface area (Å²) < 4.78 is 5.52. The summed E-state index contributed by atoms with van der Waals surface area (Å²) in [6.07, 6.45) is 2.48. The average molecular weight is 398 g/mol. The highest BCUT2D eigenvalue weighted by atomic mass is 16.4. The summed E-state index contributed by atoms with van der Waals surface area (Å²) in [5, 5.41) is 1.09. The van der Waals surface area contributed by atoms with Gasteiger partial charge in [-0.15, -0.1) is 0 Å². The number of hydrogen-bond acceptors (Lipinski definition) is 5. The number of rotatable bonds is 4. The quantitative estimate of drug-likeness (QED) is 0.741. The van der Waals surface area contributed by atoms with Crippen LogP contribution in [0.1, 0.15) is 36.5 Å². The van der Waals surface area contributed by atoms with Crippen LogP contribution in [0.25, 0.3) is 11.0 Å². The molecular formula is C24H35N3O2. The van der Waals surface area contributed by atoms with Crippen molar-refractivity contribution in [2.45, 2.75) is 46.2 Å². The molecule has 4 rings (SSSR count). The van der Waals surface area contributed by atoms with E-state index in [4.69, 9.17) is 4.42 Å². The van der Waals surface area contributed by atoms with Gasteiger partial charge in [-0.1, -0.05) is 6.07 Å². The van der Waals surface area contributed by atoms with Crippen LogP contribution < -0.4 is 5.63 Å². The lowest BCUT2D eigenvalue weighted by atomic mass is 9.88. The van der Waals surface area contributed by atoms with Gasteiger partial charge >= 0.3 is 5.63 Å². The minimum atomic E-state index is -0.238. The minimum Gasteiger partial charge on any atom is -0.422 e. The van der Waals surface area contributed by atoms with Gasteiger partial charge in [0.15, 0.2) is 0 Å². The number of fused-ring (bicyclic) bond motifs is 1. The molecule has 2 aliphatic heterocycles. The fraction of sp³-hybridized carbons (Fsp3) is 0.625. The number of likely N-dealkylation sites (tertiary alicyclic amines) is 1. The summed E-state index contributed by atoms with van der Waals surface area (Å²) >= 11 is 0. The number of piperazine rings is 1. The lowest BCUT2D eigenvalue weighted by Gasteiger charge is -2.42. The molecule has 0 aliphatic carbocycles. The predicted octanol–water partition coefficient (Wildman–Crippen LogP) is 3.26. The van der Waals surface area contributed by atoms with E-state index in [1.165, 1.54) is 44.6 Å². The summed E-state index contributed by atoms with van der Waals surface area (Å²) in [6.45, 7) is 14.4. The Kier molecular flexibility index (Phi) is 6.09. The molecular weight excluding hydrogens is 362 g/mol. The van der Waals surface area contributed by atoms with Gasteiger partial charge in [0.1, 0.15) is 5.58 Å². The van der Waals surface area contributed by atoms with E-state index in [0.717, 1.165) is 47.6 Å². The second-order valence-corrected chi connectivity index (χ2v) is 9.24. The monoisotopic (exact) mass is 397 g/mol. The minimum absolute atomic E-state index is 0.238. The number of nitrogens with zero attached hydrogens (tertiary/aromatic N) is 3. The summed E-state index contributed by atoms with van der Waals surface area (Å²) in [7, 11) is 2.22. The number of hydrogen-bond donors (Lipinski definition) is 0. The van der Waals surface area contributed by atoms with Crippen molar-refractivity contribution in [1.82, 2.24) is 14.7 Å². The van der Waals surface area contributed by atoms with Gasteiger partial charge in [0.05, 0.1) is 0 Å². The zero-order valence-electron chi connectivity index (χ0n) is 18.4. The Morgan fingerprint density at radius 1 is 1.03 bits per heavy atom. The van der Waals surface area contributed by atoms with Crippen LogP contribution in [0.15, 0.2) is 27.4 Å². The third kappa shape index (κ3) is 4.57. The molecule has 0 amide bonds. The van der Waals surface area contributed by atoms with Crippen molar-refractivity contribution in [3.05, 3.63) is 45.3 Å². The van der Waals surface area contributed by atoms with Crippen molar-refractivity contribution in [3.63, 3.8) is 0 Å². The lowest BCUT2D eigenvalue weighted by molar-refractivity contribution is 0.0599. The van der Waals surface area contributed by atoms with E-state index in [9.17, 15) is 4.79 Å². The Morgan fingerprint density at radius 3 is 2.41 bits per heavy atom. The van der Waals surface area contributed by atoms with Gasteiger partial charge in [-0.25, -0.2) is 4.79 Å². The third-order valence-corrected chi connectivity index (χ3v) is 7.08. The topological polar surface area (TPSA) is 39.9 Å². The van der Waals surface area contributed by atoms with Gasteiger partial charge in [0, 0.05) is 50.2 Å². The van der Waals surface area contributed by atoms with E-state index in [1.807, 2.05) is 6.92 Å². The summed E-state index contributed by atoms with van der Waals surface area (Å²) in [5.41, 5.74) is 3.87. The molecule has 0 bridgehead atoms. The molecule has 1 aromatic heterocycles. The molecule has 0 spiro atoms. The highest BCUT2D eigenvalue weighted by Crippen LogP contribution is 2.28. The van der Waals surface area contributed by atoms with Crippen molar-refractivity contribution in [1.29, 1.82) is 0 Å². The van der Waals surface area contributed by atoms with Crippen LogP contribution in [-0.2, 0) is 6.54 Å². The molecule has 2 aromatic rings. The van der Waals surface area contributed by atoms with E-state index < -0.39 is 0 Å². The van der Waals surface area contributed by atoms with Gasteiger partial charge in [-0.3, -0.25) is 9.80 Å². The molecule has 1 unspecified atom stereocenters. The maximum absolute atomic E-state index is 12.1. The summed E-state index contributed by atoms with van der Waals surface area (Å²) in [4.78, 5) is 19.8. The lowest BCUT2D eigenvalue weighted by Crippen LogP contribution is -2.51. The number of aryl methyl sites for hydroxylation is 2. The summed E-state index contributed by atoms with van der Waals surface area (Å²) in [5.74, 6) is 0.775. The standard InChI is InChI=1S/C24H35N3O2/c1-17-13-18(2)24-22(14-17)21(15-23(28)29-24)16-26-7-5-20(6-8-26)19(3)27-11-9-25(4)10-12-27/h13-15,19-20H,5-12,16H2,1-4H3. The van der Waals surface area contributed by atoms with E-state index in [-0.39, 0.29) is 5.63 Å². The van der Waals surface area contributed by atoms with E-state index in [1.54, 1.807) is 6.07 Å². The van der Waals surface area contributed by atoms with Crippen molar-refractivity contribution in [2.75, 3.05) is 46.3 Å². The molecule has 2 aliphatic rings. The van der Waals surface area contributed by atoms with Crippen molar-refractivity contribution >= 4 is 11.0 Å². The summed E-state index contributed by atoms with van der Waals surface area (Å²) in [6, 6.07) is 6.60. The molecule has 1 atom stereocenters. The molecule has 1 aromatic carbocycles. The second kappa shape index (κ2) is 8.58. The van der Waals surface area contributed by atoms with Crippen LogP contribution in [0.4, 0.5) is 0 Å². The van der Waals surface area contributed by atoms with Gasteiger partial charge < -0.3 is 9.32 Å². The van der Waals surface area contributed by atoms with E-state index in [2.05, 4.69) is 47.7 Å². The Labute approximate surface area is 174 Å². The first-order chi connectivity index (χ1) is 13.9. The SMILES string of the molecule is Cc1cc(C)c2oc(=O)cc(CN3CCC(C(C)N4CCN(C)CC4)CC3)c2c1. The normalized spacial score (nSPS) is 21.7. The Balaban J connectivity index is 1.42. The third-order valence-electron chi connectivity index (χ3n) is 7.08. The molecule has 0 radical (unpaired) electrons. The fourth-order valence-corrected chi connectivity index (χ4v) is 5.17. The van der Waals surface area contributed by atoms with Crippen LogP contribution in [0.5, 0.6) is 0 Å². The van der Waals surface area contributed by atoms with Crippen LogP contribution in [0.2, 0.25) is 0 Å². The van der Waals surface area contributed by atoms with Gasteiger partial charge in [-0.2, -0.15) is 0 Å². The first kappa shape index (κ1) is 20.6. The molecule has 158 valence electrons. The first-order valence-corrected chi connectivity index (χ1v) is 11.1. The molecule has 5 heteroatoms. The fourth-order valence-electron chi connectivity index (χ4n) is 5.17. The maximum Gasteiger partial charge on any atom is 0.336 e. The first-order valence-electron chi connectivity index (χ1n) is 11.1. The van der Waals surface area contributed by atoms with Crippen molar-refractivity contribution < 1.29 is 4.42 Å². The van der Waals surface area contributed by atoms with E-state index in [0.29, 0.717) is 6.04 Å². The largest absolute Gasteiger partial charge is 0.422 e. The Morgan fingerprint density at radius 2 is 1.72 bits per heavy atom. The smallest absolute Gasteiger partial charge is 0.336 e. The van der Waals surface area contributed by atoms with Crippen LogP contribution in [0, 0.1) is 19.8 Å². The highest BCUT2D eigenvalue weighted by molar-refractivity contribution is 5.83. The van der Waals surface area contributed by atoms with Gasteiger partial charge in [-0.05, 0) is 82.4 Å². The molecule has 5 nitrogen and oxygen atoms in total. The van der Waals surface area contributed by atoms with Crippen LogP contribution >= 0.6 is 0 Å². The molecule has 2 saturated heterocycles. The predicted molar refractivity (Wildman–Crippen MR) is 118 cm³/mol. The van der Waals surface area contributed by atoms with Crippen molar-refractivity contribution in [2.24, 2.45) is 5.92 Å². The number of benzene rings is 1. The average Bonchev–Trinajstić information content (AvgIpc) is 2.69. The number of piperidine rings is 1. The molecule has 0 N–H and O–H groups in total. The highest BCUT2D eigenvalue weighted by Gasteiger charge is 2.29. The van der Waals surface area contributed by atoms with Crippen LogP contribution in [0.3, 0.4) is 0 Å². The van der Waals surface area contributed by atoms with E-state index >= 15 is 0 Å². The Bertz CT molecular complexity index is 906. The van der Waals surface area contributed by atoms with Crippen molar-refractivity contribution in [3.8, 4) is 0 Å². The molecule has 3 heterocycles. The Hall–Kier alpha value is -1.69. The number of likely N-dealkylation sites (N-methyl/N-ethyl adjacent to an activating group) is 1.